The van der Waals surface area contributed by atoms with Gasteiger partial charge in [-0.1, -0.05) is 41.9 Å². The Bertz CT molecular complexity index is 959. The van der Waals surface area contributed by atoms with Gasteiger partial charge in [-0.2, -0.15) is 0 Å². The SMILES string of the molecule is COc1cccc(NC(=S)NC(=O)c2cccc3c(Cl)cccc23)c1. The standard InChI is InChI=1S/C19H15ClN2O2S/c1-24-13-6-2-5-12(11-13)21-19(25)22-18(23)16-9-3-8-15-14(16)7-4-10-17(15)20/h2-11H,1H3,(H2,21,22,23,25). The van der Waals surface area contributed by atoms with E-state index in [-0.39, 0.29) is 11.0 Å². The molecular formula is C19H15ClN2O2S. The molecule has 0 spiro atoms. The number of halogens is 1. The molecule has 0 bridgehead atoms. The van der Waals surface area contributed by atoms with Gasteiger partial charge < -0.3 is 10.1 Å². The van der Waals surface area contributed by atoms with Crippen molar-refractivity contribution in [1.29, 1.82) is 0 Å². The molecule has 0 radical (unpaired) electrons. The fourth-order valence-electron chi connectivity index (χ4n) is 2.50. The van der Waals surface area contributed by atoms with Crippen molar-refractivity contribution < 1.29 is 9.53 Å². The fraction of sp³-hybridized carbons (Fsp3) is 0.0526. The first-order chi connectivity index (χ1) is 12.1. The molecule has 126 valence electrons. The van der Waals surface area contributed by atoms with Crippen LogP contribution in [0.5, 0.6) is 5.75 Å². The average molecular weight is 371 g/mol. The molecule has 6 heteroatoms. The zero-order chi connectivity index (χ0) is 17.8. The fourth-order valence-corrected chi connectivity index (χ4v) is 2.95. The summed E-state index contributed by atoms with van der Waals surface area (Å²) < 4.78 is 5.16. The lowest BCUT2D eigenvalue weighted by molar-refractivity contribution is 0.0979. The number of amides is 1. The minimum Gasteiger partial charge on any atom is -0.497 e. The summed E-state index contributed by atoms with van der Waals surface area (Å²) in [6.07, 6.45) is 0. The number of methoxy groups -OCH3 is 1. The van der Waals surface area contributed by atoms with Gasteiger partial charge in [-0.3, -0.25) is 10.1 Å². The van der Waals surface area contributed by atoms with Gasteiger partial charge >= 0.3 is 0 Å². The highest BCUT2D eigenvalue weighted by Crippen LogP contribution is 2.26. The smallest absolute Gasteiger partial charge is 0.258 e. The molecule has 0 aliphatic carbocycles. The van der Waals surface area contributed by atoms with Crippen molar-refractivity contribution >= 4 is 51.3 Å². The van der Waals surface area contributed by atoms with E-state index in [9.17, 15) is 4.79 Å². The second kappa shape index (κ2) is 7.51. The first-order valence-electron chi connectivity index (χ1n) is 7.52. The lowest BCUT2D eigenvalue weighted by Crippen LogP contribution is -2.34. The molecule has 4 nitrogen and oxygen atoms in total. The first kappa shape index (κ1) is 17.2. The third-order valence-electron chi connectivity index (χ3n) is 3.67. The quantitative estimate of drug-likeness (QED) is 0.660. The Morgan fingerprint density at radius 3 is 2.56 bits per heavy atom. The normalized spacial score (nSPS) is 10.3. The number of fused-ring (bicyclic) bond motifs is 1. The minimum atomic E-state index is -0.298. The first-order valence-corrected chi connectivity index (χ1v) is 8.31. The Labute approximate surface area is 155 Å². The lowest BCUT2D eigenvalue weighted by atomic mass is 10.0. The topological polar surface area (TPSA) is 50.4 Å². The van der Waals surface area contributed by atoms with E-state index in [4.69, 9.17) is 28.6 Å². The number of anilines is 1. The summed E-state index contributed by atoms with van der Waals surface area (Å²) in [6, 6.07) is 18.1. The van der Waals surface area contributed by atoms with Crippen LogP contribution in [-0.2, 0) is 0 Å². The number of hydrogen-bond donors (Lipinski definition) is 2. The zero-order valence-corrected chi connectivity index (χ0v) is 14.9. The van der Waals surface area contributed by atoms with E-state index < -0.39 is 0 Å². The molecule has 2 N–H and O–H groups in total. The van der Waals surface area contributed by atoms with Gasteiger partial charge in [-0.05, 0) is 41.9 Å². The Morgan fingerprint density at radius 2 is 1.76 bits per heavy atom. The third-order valence-corrected chi connectivity index (χ3v) is 4.20. The van der Waals surface area contributed by atoms with Gasteiger partial charge in [0.2, 0.25) is 0 Å². The molecule has 0 aromatic heterocycles. The highest BCUT2D eigenvalue weighted by atomic mass is 35.5. The number of carbonyl (C=O) groups is 1. The van der Waals surface area contributed by atoms with Crippen LogP contribution in [0.1, 0.15) is 10.4 Å². The number of carbonyl (C=O) groups excluding carboxylic acids is 1. The highest BCUT2D eigenvalue weighted by molar-refractivity contribution is 7.80. The van der Waals surface area contributed by atoms with Crippen molar-refractivity contribution in [3.05, 3.63) is 71.2 Å². The van der Waals surface area contributed by atoms with Gasteiger partial charge in [0.05, 0.1) is 7.11 Å². The molecule has 0 heterocycles. The maximum Gasteiger partial charge on any atom is 0.258 e. The second-order valence-electron chi connectivity index (χ2n) is 5.28. The van der Waals surface area contributed by atoms with Crippen molar-refractivity contribution in [3.63, 3.8) is 0 Å². The van der Waals surface area contributed by atoms with E-state index >= 15 is 0 Å². The molecule has 0 atom stereocenters. The van der Waals surface area contributed by atoms with Gasteiger partial charge in [0, 0.05) is 27.7 Å². The largest absolute Gasteiger partial charge is 0.497 e. The number of thiocarbonyl (C=S) groups is 1. The zero-order valence-electron chi connectivity index (χ0n) is 13.4. The summed E-state index contributed by atoms with van der Waals surface area (Å²) in [7, 11) is 1.59. The minimum absolute atomic E-state index is 0.206. The molecule has 3 rings (SSSR count). The van der Waals surface area contributed by atoms with Crippen molar-refractivity contribution in [3.8, 4) is 5.75 Å². The van der Waals surface area contributed by atoms with Gasteiger partial charge in [-0.15, -0.1) is 0 Å². The Balaban J connectivity index is 1.78. The van der Waals surface area contributed by atoms with Crippen molar-refractivity contribution in [2.75, 3.05) is 12.4 Å². The van der Waals surface area contributed by atoms with Crippen LogP contribution in [0.4, 0.5) is 5.69 Å². The third kappa shape index (κ3) is 3.90. The van der Waals surface area contributed by atoms with Crippen LogP contribution >= 0.6 is 23.8 Å². The van der Waals surface area contributed by atoms with Gasteiger partial charge in [0.15, 0.2) is 5.11 Å². The molecule has 0 saturated heterocycles. The maximum atomic E-state index is 12.6. The van der Waals surface area contributed by atoms with Gasteiger partial charge in [-0.25, -0.2) is 0 Å². The number of hydrogen-bond acceptors (Lipinski definition) is 3. The molecule has 0 fully saturated rings. The summed E-state index contributed by atoms with van der Waals surface area (Å²) in [5, 5.41) is 8.07. The Hall–Kier alpha value is -2.63. The molecule has 0 aliphatic rings. The van der Waals surface area contributed by atoms with Crippen LogP contribution in [-0.4, -0.2) is 18.1 Å². The van der Waals surface area contributed by atoms with Crippen molar-refractivity contribution in [1.82, 2.24) is 5.32 Å². The predicted molar refractivity (Wildman–Crippen MR) is 106 cm³/mol. The molecule has 0 aliphatic heterocycles. The van der Waals surface area contributed by atoms with Gasteiger partial charge in [0.25, 0.3) is 5.91 Å². The lowest BCUT2D eigenvalue weighted by Gasteiger charge is -2.12. The van der Waals surface area contributed by atoms with E-state index in [1.54, 1.807) is 31.4 Å². The monoisotopic (exact) mass is 370 g/mol. The Morgan fingerprint density at radius 1 is 1.04 bits per heavy atom. The van der Waals surface area contributed by atoms with Crippen molar-refractivity contribution in [2.45, 2.75) is 0 Å². The number of rotatable bonds is 3. The van der Waals surface area contributed by atoms with E-state index in [1.165, 1.54) is 0 Å². The molecule has 25 heavy (non-hydrogen) atoms. The number of benzene rings is 3. The highest BCUT2D eigenvalue weighted by Gasteiger charge is 2.12. The summed E-state index contributed by atoms with van der Waals surface area (Å²) in [5.41, 5.74) is 1.24. The van der Waals surface area contributed by atoms with E-state index in [0.717, 1.165) is 16.5 Å². The van der Waals surface area contributed by atoms with Crippen LogP contribution < -0.4 is 15.4 Å². The van der Waals surface area contributed by atoms with Crippen LogP contribution in [0.3, 0.4) is 0 Å². The van der Waals surface area contributed by atoms with Crippen molar-refractivity contribution in [2.24, 2.45) is 0 Å². The molecular weight excluding hydrogens is 356 g/mol. The second-order valence-corrected chi connectivity index (χ2v) is 6.10. The van der Waals surface area contributed by atoms with E-state index in [0.29, 0.717) is 16.3 Å². The summed E-state index contributed by atoms with van der Waals surface area (Å²) >= 11 is 11.4. The van der Waals surface area contributed by atoms with Crippen LogP contribution in [0.15, 0.2) is 60.7 Å². The maximum absolute atomic E-state index is 12.6. The average Bonchev–Trinajstić information content (AvgIpc) is 2.61. The molecule has 1 amide bonds. The van der Waals surface area contributed by atoms with Crippen LogP contribution in [0.2, 0.25) is 5.02 Å². The Kier molecular flexibility index (Phi) is 5.16. The predicted octanol–water partition coefficient (Wildman–Crippen LogP) is 4.63. The summed E-state index contributed by atoms with van der Waals surface area (Å²) in [6.45, 7) is 0. The molecule has 0 saturated carbocycles. The number of nitrogens with one attached hydrogen (secondary N) is 2. The molecule has 3 aromatic carbocycles. The summed E-state index contributed by atoms with van der Waals surface area (Å²) in [4.78, 5) is 12.6. The number of ether oxygens (including phenoxy) is 1. The van der Waals surface area contributed by atoms with Crippen LogP contribution in [0, 0.1) is 0 Å². The van der Waals surface area contributed by atoms with E-state index in [1.807, 2.05) is 36.4 Å². The summed E-state index contributed by atoms with van der Waals surface area (Å²) in [5.74, 6) is 0.399. The molecule has 3 aromatic rings. The molecule has 0 unspecified atom stereocenters. The van der Waals surface area contributed by atoms with Crippen LogP contribution in [0.25, 0.3) is 10.8 Å². The van der Waals surface area contributed by atoms with Gasteiger partial charge in [0.1, 0.15) is 5.75 Å². The van der Waals surface area contributed by atoms with E-state index in [2.05, 4.69) is 10.6 Å².